The van der Waals surface area contributed by atoms with Gasteiger partial charge >= 0.3 is 6.09 Å². The van der Waals surface area contributed by atoms with Crippen LogP contribution in [0.15, 0.2) is 24.4 Å². The molecule has 0 unspecified atom stereocenters. The van der Waals surface area contributed by atoms with Crippen LogP contribution in [-0.4, -0.2) is 40.6 Å². The highest BCUT2D eigenvalue weighted by Crippen LogP contribution is 2.35. The number of ether oxygens (including phenoxy) is 1. The molecule has 0 saturated carbocycles. The molecule has 2 amide bonds. The van der Waals surface area contributed by atoms with Crippen LogP contribution in [-0.2, 0) is 16.0 Å². The summed E-state index contributed by atoms with van der Waals surface area (Å²) in [4.78, 5) is 30.1. The summed E-state index contributed by atoms with van der Waals surface area (Å²) in [5.74, 6) is -0.327. The summed E-state index contributed by atoms with van der Waals surface area (Å²) in [5.41, 5.74) is 5.35. The van der Waals surface area contributed by atoms with Gasteiger partial charge in [0.1, 0.15) is 5.60 Å². The molecule has 0 spiro atoms. The maximum atomic E-state index is 12.1. The Morgan fingerprint density at radius 1 is 1.30 bits per heavy atom. The number of carbonyl (C=O) groups excluding carboxylic acids is 2. The van der Waals surface area contributed by atoms with Gasteiger partial charge in [-0.05, 0) is 45.7 Å². The lowest BCUT2D eigenvalue weighted by molar-refractivity contribution is -0.130. The number of piperidine rings is 1. The van der Waals surface area contributed by atoms with E-state index < -0.39 is 11.0 Å². The number of pyridine rings is 1. The number of carbonyl (C=O) groups is 2. The minimum atomic E-state index is -0.646. The van der Waals surface area contributed by atoms with Crippen LogP contribution in [0.5, 0.6) is 0 Å². The van der Waals surface area contributed by atoms with E-state index in [4.69, 9.17) is 10.5 Å². The van der Waals surface area contributed by atoms with Crippen LogP contribution in [0.4, 0.5) is 4.79 Å². The molecule has 23 heavy (non-hydrogen) atoms. The lowest BCUT2D eigenvalue weighted by Gasteiger charge is -2.39. The SMILES string of the molecule is CC(C)(C)OC(=O)N1CCC(Cc2ccccn2)(C(N)=O)CC1. The Hall–Kier alpha value is -2.11. The second kappa shape index (κ2) is 6.56. The molecule has 1 saturated heterocycles. The Kier molecular flexibility index (Phi) is 4.92. The fourth-order valence-electron chi connectivity index (χ4n) is 2.80. The molecular formula is C17H25N3O3. The van der Waals surface area contributed by atoms with Crippen molar-refractivity contribution in [3.8, 4) is 0 Å². The van der Waals surface area contributed by atoms with Gasteiger partial charge in [0, 0.05) is 31.4 Å². The van der Waals surface area contributed by atoms with Gasteiger partial charge in [-0.2, -0.15) is 0 Å². The van der Waals surface area contributed by atoms with Crippen molar-refractivity contribution in [2.75, 3.05) is 13.1 Å². The van der Waals surface area contributed by atoms with Crippen LogP contribution < -0.4 is 5.73 Å². The van der Waals surface area contributed by atoms with Crippen molar-refractivity contribution >= 4 is 12.0 Å². The molecule has 1 aromatic rings. The van der Waals surface area contributed by atoms with Gasteiger partial charge in [0.05, 0.1) is 5.41 Å². The first-order chi connectivity index (χ1) is 10.7. The molecule has 2 N–H and O–H groups in total. The molecule has 2 rings (SSSR count). The molecule has 0 bridgehead atoms. The van der Waals surface area contributed by atoms with Gasteiger partial charge in [0.2, 0.25) is 5.91 Å². The normalized spacial score (nSPS) is 17.6. The summed E-state index contributed by atoms with van der Waals surface area (Å²) in [6.07, 6.45) is 2.93. The van der Waals surface area contributed by atoms with E-state index in [2.05, 4.69) is 4.98 Å². The predicted molar refractivity (Wildman–Crippen MR) is 86.6 cm³/mol. The number of likely N-dealkylation sites (tertiary alicyclic amines) is 1. The van der Waals surface area contributed by atoms with Crippen LogP contribution in [0, 0.1) is 5.41 Å². The van der Waals surface area contributed by atoms with E-state index in [1.807, 2.05) is 39.0 Å². The zero-order valence-corrected chi connectivity index (χ0v) is 14.0. The van der Waals surface area contributed by atoms with E-state index in [0.717, 1.165) is 5.69 Å². The maximum absolute atomic E-state index is 12.1. The predicted octanol–water partition coefficient (Wildman–Crippen LogP) is 2.13. The van der Waals surface area contributed by atoms with E-state index in [0.29, 0.717) is 32.4 Å². The summed E-state index contributed by atoms with van der Waals surface area (Å²) in [6, 6.07) is 5.63. The van der Waals surface area contributed by atoms with E-state index in [9.17, 15) is 9.59 Å². The Labute approximate surface area is 137 Å². The van der Waals surface area contributed by atoms with Crippen molar-refractivity contribution in [2.45, 2.75) is 45.6 Å². The molecule has 126 valence electrons. The lowest BCUT2D eigenvalue weighted by Crippen LogP contribution is -2.50. The van der Waals surface area contributed by atoms with Gasteiger partial charge in [-0.15, -0.1) is 0 Å². The van der Waals surface area contributed by atoms with E-state index in [-0.39, 0.29) is 12.0 Å². The van der Waals surface area contributed by atoms with Gasteiger partial charge < -0.3 is 15.4 Å². The largest absolute Gasteiger partial charge is 0.444 e. The van der Waals surface area contributed by atoms with Crippen LogP contribution in [0.25, 0.3) is 0 Å². The average Bonchev–Trinajstić information content (AvgIpc) is 2.47. The van der Waals surface area contributed by atoms with Gasteiger partial charge in [-0.25, -0.2) is 4.79 Å². The minimum Gasteiger partial charge on any atom is -0.444 e. The van der Waals surface area contributed by atoms with Gasteiger partial charge in [0.25, 0.3) is 0 Å². The Morgan fingerprint density at radius 2 is 1.96 bits per heavy atom. The monoisotopic (exact) mass is 319 g/mol. The molecule has 1 aromatic heterocycles. The number of aromatic nitrogens is 1. The molecule has 0 radical (unpaired) electrons. The summed E-state index contributed by atoms with van der Waals surface area (Å²) in [7, 11) is 0. The molecule has 1 aliphatic heterocycles. The fraction of sp³-hybridized carbons (Fsp3) is 0.588. The third-order valence-corrected chi connectivity index (χ3v) is 4.14. The Morgan fingerprint density at radius 3 is 2.43 bits per heavy atom. The van der Waals surface area contributed by atoms with Crippen LogP contribution in [0.3, 0.4) is 0 Å². The van der Waals surface area contributed by atoms with Crippen molar-refractivity contribution in [3.05, 3.63) is 30.1 Å². The third-order valence-electron chi connectivity index (χ3n) is 4.14. The third kappa shape index (κ3) is 4.43. The van der Waals surface area contributed by atoms with E-state index >= 15 is 0 Å². The number of hydrogen-bond donors (Lipinski definition) is 1. The molecule has 0 aromatic carbocycles. The van der Waals surface area contributed by atoms with Gasteiger partial charge in [-0.1, -0.05) is 6.07 Å². The number of primary amides is 1. The molecule has 0 aliphatic carbocycles. The Bertz CT molecular complexity index is 558. The number of nitrogens with zero attached hydrogens (tertiary/aromatic N) is 2. The summed E-state index contributed by atoms with van der Waals surface area (Å²) < 4.78 is 5.38. The summed E-state index contributed by atoms with van der Waals surface area (Å²) in [5, 5.41) is 0. The molecule has 1 aliphatic rings. The van der Waals surface area contributed by atoms with Crippen molar-refractivity contribution < 1.29 is 14.3 Å². The summed E-state index contributed by atoms with van der Waals surface area (Å²) >= 11 is 0. The van der Waals surface area contributed by atoms with Crippen LogP contribution in [0.2, 0.25) is 0 Å². The average molecular weight is 319 g/mol. The highest BCUT2D eigenvalue weighted by molar-refractivity contribution is 5.81. The topological polar surface area (TPSA) is 85.5 Å². The summed E-state index contributed by atoms with van der Waals surface area (Å²) in [6.45, 7) is 6.44. The number of rotatable bonds is 3. The van der Waals surface area contributed by atoms with Crippen molar-refractivity contribution in [2.24, 2.45) is 11.1 Å². The van der Waals surface area contributed by atoms with Gasteiger partial charge in [-0.3, -0.25) is 9.78 Å². The highest BCUT2D eigenvalue weighted by Gasteiger charge is 2.42. The molecule has 1 fully saturated rings. The Balaban J connectivity index is 2.03. The van der Waals surface area contributed by atoms with Crippen LogP contribution in [0.1, 0.15) is 39.3 Å². The van der Waals surface area contributed by atoms with Crippen LogP contribution >= 0.6 is 0 Å². The van der Waals surface area contributed by atoms with Gasteiger partial charge in [0.15, 0.2) is 0 Å². The smallest absolute Gasteiger partial charge is 0.410 e. The maximum Gasteiger partial charge on any atom is 0.410 e. The van der Waals surface area contributed by atoms with E-state index in [1.165, 1.54) is 0 Å². The zero-order chi connectivity index (χ0) is 17.1. The number of hydrogen-bond acceptors (Lipinski definition) is 4. The first kappa shape index (κ1) is 17.2. The molecule has 6 heteroatoms. The quantitative estimate of drug-likeness (QED) is 0.924. The lowest BCUT2D eigenvalue weighted by atomic mass is 9.74. The van der Waals surface area contributed by atoms with Crippen molar-refractivity contribution in [3.63, 3.8) is 0 Å². The number of amides is 2. The molecule has 6 nitrogen and oxygen atoms in total. The molecule has 0 atom stereocenters. The molecular weight excluding hydrogens is 294 g/mol. The fourth-order valence-corrected chi connectivity index (χ4v) is 2.80. The zero-order valence-electron chi connectivity index (χ0n) is 14.0. The first-order valence-electron chi connectivity index (χ1n) is 7.90. The standard InChI is InChI=1S/C17H25N3O3/c1-16(2,3)23-15(22)20-10-7-17(8-11-20,14(18)21)12-13-6-4-5-9-19-13/h4-6,9H,7-8,10-12H2,1-3H3,(H2,18,21). The van der Waals surface area contributed by atoms with E-state index in [1.54, 1.807) is 11.1 Å². The number of nitrogens with two attached hydrogens (primary N) is 1. The second-order valence-electron chi connectivity index (χ2n) is 7.11. The molecule has 2 heterocycles. The van der Waals surface area contributed by atoms with Crippen molar-refractivity contribution in [1.82, 2.24) is 9.88 Å². The first-order valence-corrected chi connectivity index (χ1v) is 7.90. The highest BCUT2D eigenvalue weighted by atomic mass is 16.6. The minimum absolute atomic E-state index is 0.327. The second-order valence-corrected chi connectivity index (χ2v) is 7.11. The van der Waals surface area contributed by atoms with Crippen molar-refractivity contribution in [1.29, 1.82) is 0 Å².